The highest BCUT2D eigenvalue weighted by molar-refractivity contribution is 4.73. The summed E-state index contributed by atoms with van der Waals surface area (Å²) in [7, 11) is 0. The Hall–Kier alpha value is -0.160. The summed E-state index contributed by atoms with van der Waals surface area (Å²) in [4.78, 5) is 2.87. The molecular weight excluding hydrogens is 368 g/mol. The van der Waals surface area contributed by atoms with Crippen molar-refractivity contribution in [1.29, 1.82) is 0 Å². The molecule has 0 aliphatic rings. The van der Waals surface area contributed by atoms with Gasteiger partial charge in [-0.25, -0.2) is 0 Å². The minimum atomic E-state index is 0.781. The van der Waals surface area contributed by atoms with Crippen LogP contribution in [0.15, 0.2) is 0 Å². The zero-order chi connectivity index (χ0) is 22.1. The molecule has 0 aliphatic heterocycles. The van der Waals surface area contributed by atoms with Crippen molar-refractivity contribution in [1.82, 2.24) is 4.90 Å². The molecule has 0 bridgehead atoms. The maximum absolute atomic E-state index is 5.73. The van der Waals surface area contributed by atoms with Crippen molar-refractivity contribution in [3.63, 3.8) is 0 Å². The topological polar surface area (TPSA) is 81.3 Å². The lowest BCUT2D eigenvalue weighted by atomic mass is 9.98. The number of hydrogen-bond acceptors (Lipinski definition) is 4. The van der Waals surface area contributed by atoms with Gasteiger partial charge in [0.05, 0.1) is 0 Å². The van der Waals surface area contributed by atoms with Crippen LogP contribution in [0.4, 0.5) is 0 Å². The van der Waals surface area contributed by atoms with Gasteiger partial charge in [-0.1, -0.05) is 84.0 Å². The van der Waals surface area contributed by atoms with Gasteiger partial charge in [-0.05, 0) is 77.7 Å². The van der Waals surface area contributed by atoms with Gasteiger partial charge in [-0.3, -0.25) is 0 Å². The van der Waals surface area contributed by atoms with E-state index in [1.165, 1.54) is 135 Å². The molecule has 0 saturated carbocycles. The molecule has 0 aliphatic carbocycles. The molecule has 30 heavy (non-hydrogen) atoms. The second kappa shape index (κ2) is 25.1. The van der Waals surface area contributed by atoms with Gasteiger partial charge in [0, 0.05) is 6.04 Å². The van der Waals surface area contributed by atoms with Gasteiger partial charge in [0.1, 0.15) is 0 Å². The van der Waals surface area contributed by atoms with Gasteiger partial charge in [0.15, 0.2) is 0 Å². The van der Waals surface area contributed by atoms with Crippen molar-refractivity contribution in [2.75, 3.05) is 32.7 Å². The van der Waals surface area contributed by atoms with Crippen LogP contribution in [-0.4, -0.2) is 43.7 Å². The van der Waals surface area contributed by atoms with Gasteiger partial charge >= 0.3 is 0 Å². The summed E-state index contributed by atoms with van der Waals surface area (Å²) in [6.45, 7) is 7.40. The second-order valence-corrected chi connectivity index (χ2v) is 9.29. The molecule has 0 fully saturated rings. The van der Waals surface area contributed by atoms with E-state index in [1.54, 1.807) is 0 Å². The molecule has 4 heteroatoms. The monoisotopic (exact) mass is 426 g/mol. The highest BCUT2D eigenvalue weighted by Gasteiger charge is 2.17. The highest BCUT2D eigenvalue weighted by atomic mass is 15.1. The molecule has 6 N–H and O–H groups in total. The van der Waals surface area contributed by atoms with E-state index in [4.69, 9.17) is 17.2 Å². The second-order valence-electron chi connectivity index (χ2n) is 9.29. The molecule has 0 amide bonds. The fourth-order valence-electron chi connectivity index (χ4n) is 4.47. The Morgan fingerprint density at radius 2 is 0.833 bits per heavy atom. The molecule has 0 rings (SSSR count). The average Bonchev–Trinajstić information content (AvgIpc) is 2.76. The predicted molar refractivity (Wildman–Crippen MR) is 136 cm³/mol. The van der Waals surface area contributed by atoms with Crippen molar-refractivity contribution in [2.45, 2.75) is 135 Å². The third-order valence-corrected chi connectivity index (χ3v) is 6.45. The third-order valence-electron chi connectivity index (χ3n) is 6.45. The number of nitrogens with zero attached hydrogens (tertiary/aromatic N) is 1. The van der Waals surface area contributed by atoms with Gasteiger partial charge in [-0.15, -0.1) is 0 Å². The predicted octanol–water partition coefficient (Wildman–Crippen LogP) is 5.96. The van der Waals surface area contributed by atoms with Crippen LogP contribution in [0.2, 0.25) is 0 Å². The Morgan fingerprint density at radius 1 is 0.467 bits per heavy atom. The van der Waals surface area contributed by atoms with Gasteiger partial charge < -0.3 is 22.1 Å². The summed E-state index contributed by atoms with van der Waals surface area (Å²) in [5.41, 5.74) is 17.0. The van der Waals surface area contributed by atoms with E-state index in [-0.39, 0.29) is 0 Å². The van der Waals surface area contributed by atoms with Crippen LogP contribution in [0.5, 0.6) is 0 Å². The molecule has 0 radical (unpaired) electrons. The van der Waals surface area contributed by atoms with Crippen LogP contribution < -0.4 is 17.2 Å². The summed E-state index contributed by atoms with van der Waals surface area (Å²) in [6.07, 6.45) is 25.2. The number of hydrogen-bond donors (Lipinski definition) is 3. The summed E-state index contributed by atoms with van der Waals surface area (Å²) in [5.74, 6) is 0. The van der Waals surface area contributed by atoms with Gasteiger partial charge in [0.2, 0.25) is 0 Å². The van der Waals surface area contributed by atoms with Crippen LogP contribution in [0.3, 0.4) is 0 Å². The lowest BCUT2D eigenvalue weighted by molar-refractivity contribution is 0.163. The Balaban J connectivity index is 4.57. The molecular formula is C26H58N4. The van der Waals surface area contributed by atoms with E-state index >= 15 is 0 Å². The van der Waals surface area contributed by atoms with Crippen LogP contribution in [0.25, 0.3) is 0 Å². The lowest BCUT2D eigenvalue weighted by Gasteiger charge is -2.32. The van der Waals surface area contributed by atoms with Crippen molar-refractivity contribution in [3.8, 4) is 0 Å². The van der Waals surface area contributed by atoms with Gasteiger partial charge in [0.25, 0.3) is 0 Å². The molecule has 0 aromatic heterocycles. The van der Waals surface area contributed by atoms with Crippen LogP contribution in [0, 0.1) is 0 Å². The minimum absolute atomic E-state index is 0.781. The van der Waals surface area contributed by atoms with Crippen molar-refractivity contribution in [2.24, 2.45) is 17.2 Å². The first kappa shape index (κ1) is 29.8. The smallest absolute Gasteiger partial charge is 0.00952 e. The molecule has 0 aromatic rings. The van der Waals surface area contributed by atoms with Crippen molar-refractivity contribution in [3.05, 3.63) is 0 Å². The Kier molecular flexibility index (Phi) is 25.0. The quantitative estimate of drug-likeness (QED) is 0.157. The molecule has 0 heterocycles. The summed E-state index contributed by atoms with van der Waals surface area (Å²) in [6, 6.07) is 0.781. The van der Waals surface area contributed by atoms with E-state index in [1.807, 2.05) is 0 Å². The first-order valence-corrected chi connectivity index (χ1v) is 13.6. The summed E-state index contributed by atoms with van der Waals surface area (Å²) in [5, 5.41) is 0. The van der Waals surface area contributed by atoms with E-state index in [9.17, 15) is 0 Å². The van der Waals surface area contributed by atoms with E-state index in [0.717, 1.165) is 25.7 Å². The first-order chi connectivity index (χ1) is 14.8. The first-order valence-electron chi connectivity index (χ1n) is 13.6. The largest absolute Gasteiger partial charge is 0.330 e. The fourth-order valence-corrected chi connectivity index (χ4v) is 4.47. The Bertz CT molecular complexity index is 311. The zero-order valence-corrected chi connectivity index (χ0v) is 20.7. The van der Waals surface area contributed by atoms with E-state index in [0.29, 0.717) is 0 Å². The Morgan fingerprint density at radius 3 is 1.30 bits per heavy atom. The molecule has 0 aromatic carbocycles. The number of nitrogens with two attached hydrogens (primary N) is 3. The standard InChI is InChI=1S/C26H58N4/c1-2-3-4-6-12-19-26(20-13-11-16-23-29)30(25-18-10-8-15-22-28)24-17-9-5-7-14-21-27/h26H,2-25,27-29H2,1H3. The molecule has 1 atom stereocenters. The van der Waals surface area contributed by atoms with Crippen molar-refractivity contribution < 1.29 is 0 Å². The SMILES string of the molecule is CCCCCCCC(CCCCCN)N(CCCCCCN)CCCCCCCN. The number of unbranched alkanes of at least 4 members (excludes halogenated alkanes) is 13. The zero-order valence-electron chi connectivity index (χ0n) is 20.7. The summed E-state index contributed by atoms with van der Waals surface area (Å²) >= 11 is 0. The molecule has 0 saturated heterocycles. The maximum atomic E-state index is 5.73. The summed E-state index contributed by atoms with van der Waals surface area (Å²) < 4.78 is 0. The fraction of sp³-hybridized carbons (Fsp3) is 1.00. The molecule has 0 spiro atoms. The van der Waals surface area contributed by atoms with Crippen LogP contribution in [0.1, 0.15) is 129 Å². The maximum Gasteiger partial charge on any atom is 0.00952 e. The highest BCUT2D eigenvalue weighted by Crippen LogP contribution is 2.20. The Labute approximate surface area is 190 Å². The van der Waals surface area contributed by atoms with Crippen molar-refractivity contribution >= 4 is 0 Å². The van der Waals surface area contributed by atoms with E-state index < -0.39 is 0 Å². The van der Waals surface area contributed by atoms with Gasteiger partial charge in [-0.2, -0.15) is 0 Å². The number of rotatable bonds is 25. The van der Waals surface area contributed by atoms with Crippen LogP contribution >= 0.6 is 0 Å². The normalized spacial score (nSPS) is 12.7. The third kappa shape index (κ3) is 19.8. The minimum Gasteiger partial charge on any atom is -0.330 e. The van der Waals surface area contributed by atoms with E-state index in [2.05, 4.69) is 11.8 Å². The lowest BCUT2D eigenvalue weighted by Crippen LogP contribution is -2.37. The molecule has 1 unspecified atom stereocenters. The molecule has 182 valence electrons. The van der Waals surface area contributed by atoms with Crippen LogP contribution in [-0.2, 0) is 0 Å². The average molecular weight is 427 g/mol. The molecule has 4 nitrogen and oxygen atoms in total.